The van der Waals surface area contributed by atoms with Crippen molar-refractivity contribution < 1.29 is 9.53 Å². The number of likely N-dealkylation sites (N-methyl/N-ethyl adjacent to an activating group) is 1. The lowest BCUT2D eigenvalue weighted by Crippen LogP contribution is -2.22. The largest absolute Gasteiger partial charge is 0.497 e. The normalized spacial score (nSPS) is 18.0. The number of ether oxygens (including phenoxy) is 1. The van der Waals surface area contributed by atoms with E-state index in [1.54, 1.807) is 14.2 Å². The maximum atomic E-state index is 11.8. The predicted molar refractivity (Wildman–Crippen MR) is 73.9 cm³/mol. The number of nitrogens with zero attached hydrogens (tertiary/aromatic N) is 1. The monoisotopic (exact) mass is 265 g/mol. The topological polar surface area (TPSA) is 29.5 Å². The van der Waals surface area contributed by atoms with Gasteiger partial charge in [-0.1, -0.05) is 36.1 Å². The molecule has 3 nitrogen and oxygen atoms in total. The van der Waals surface area contributed by atoms with Gasteiger partial charge in [-0.15, -0.1) is 0 Å². The zero-order chi connectivity index (χ0) is 12.4. The minimum absolute atomic E-state index is 0.0455. The molecule has 5 heteroatoms. The van der Waals surface area contributed by atoms with E-state index in [0.29, 0.717) is 9.23 Å². The third kappa shape index (κ3) is 2.50. The van der Waals surface area contributed by atoms with Gasteiger partial charge >= 0.3 is 0 Å². The number of benzene rings is 1. The number of carbonyl (C=O) groups excluding carboxylic acids is 1. The molecule has 2 rings (SSSR count). The average molecular weight is 265 g/mol. The van der Waals surface area contributed by atoms with Gasteiger partial charge in [-0.05, 0) is 23.8 Å². The minimum atomic E-state index is -0.0455. The molecule has 1 saturated heterocycles. The van der Waals surface area contributed by atoms with Crippen molar-refractivity contribution in [3.63, 3.8) is 0 Å². The summed E-state index contributed by atoms with van der Waals surface area (Å²) in [5.41, 5.74) is 0.958. The number of hydrogen-bond acceptors (Lipinski definition) is 4. The van der Waals surface area contributed by atoms with Crippen LogP contribution in [0.2, 0.25) is 0 Å². The molecule has 0 atom stereocenters. The first-order chi connectivity index (χ1) is 8.11. The maximum absolute atomic E-state index is 11.8. The van der Waals surface area contributed by atoms with Crippen LogP contribution in [0.1, 0.15) is 5.56 Å². The molecule has 1 aromatic rings. The third-order valence-corrected chi connectivity index (χ3v) is 3.88. The number of hydrogen-bond donors (Lipinski definition) is 0. The molecule has 0 saturated carbocycles. The highest BCUT2D eigenvalue weighted by molar-refractivity contribution is 8.26. The Kier molecular flexibility index (Phi) is 3.49. The summed E-state index contributed by atoms with van der Waals surface area (Å²) in [6.07, 6.45) is 1.84. The Balaban J connectivity index is 2.24. The fourth-order valence-electron chi connectivity index (χ4n) is 1.40. The Bertz CT molecular complexity index is 494. The highest BCUT2D eigenvalue weighted by Gasteiger charge is 2.28. The van der Waals surface area contributed by atoms with Gasteiger partial charge in [0.15, 0.2) is 0 Å². The molecule has 88 valence electrons. The van der Waals surface area contributed by atoms with Gasteiger partial charge in [0.2, 0.25) is 0 Å². The molecule has 1 fully saturated rings. The number of carbonyl (C=O) groups is 1. The van der Waals surface area contributed by atoms with E-state index in [-0.39, 0.29) is 5.91 Å². The summed E-state index contributed by atoms with van der Waals surface area (Å²) >= 11 is 6.38. The van der Waals surface area contributed by atoms with Crippen molar-refractivity contribution in [1.29, 1.82) is 0 Å². The van der Waals surface area contributed by atoms with Crippen molar-refractivity contribution >= 4 is 40.3 Å². The van der Waals surface area contributed by atoms with Crippen LogP contribution >= 0.6 is 24.0 Å². The standard InChI is InChI=1S/C12H11NO2S2/c1-13-11(14)10(17-12(13)16)7-8-3-5-9(15-2)6-4-8/h3-7H,1-2H3/b10-7+. The molecule has 0 spiro atoms. The Morgan fingerprint density at radius 2 is 2.00 bits per heavy atom. The predicted octanol–water partition coefficient (Wildman–Crippen LogP) is 2.53. The number of rotatable bonds is 2. The van der Waals surface area contributed by atoms with Crippen molar-refractivity contribution in [2.45, 2.75) is 0 Å². The van der Waals surface area contributed by atoms with E-state index in [0.717, 1.165) is 11.3 Å². The van der Waals surface area contributed by atoms with Gasteiger partial charge in [-0.3, -0.25) is 9.69 Å². The first-order valence-electron chi connectivity index (χ1n) is 4.97. The molecule has 0 N–H and O–H groups in total. The number of thiocarbonyl (C=S) groups is 1. The third-order valence-electron chi connectivity index (χ3n) is 2.40. The molecule has 0 bridgehead atoms. The number of amides is 1. The SMILES string of the molecule is COc1ccc(/C=C2/SC(=S)N(C)C2=O)cc1. The molecule has 0 unspecified atom stereocenters. The Hall–Kier alpha value is -1.33. The summed E-state index contributed by atoms with van der Waals surface area (Å²) in [5, 5.41) is 0. The lowest BCUT2D eigenvalue weighted by Gasteiger charge is -2.03. The van der Waals surface area contributed by atoms with Crippen LogP contribution in [0.3, 0.4) is 0 Å². The Labute approximate surface area is 109 Å². The second-order valence-corrected chi connectivity index (χ2v) is 5.19. The van der Waals surface area contributed by atoms with E-state index in [1.807, 2.05) is 30.3 Å². The van der Waals surface area contributed by atoms with Crippen molar-refractivity contribution in [1.82, 2.24) is 4.90 Å². The molecule has 1 amide bonds. The van der Waals surface area contributed by atoms with Gasteiger partial charge in [-0.2, -0.15) is 0 Å². The molecule has 0 aromatic heterocycles. The second-order valence-electron chi connectivity index (χ2n) is 3.51. The van der Waals surface area contributed by atoms with Gasteiger partial charge < -0.3 is 4.74 Å². The molecule has 17 heavy (non-hydrogen) atoms. The molecular weight excluding hydrogens is 254 g/mol. The summed E-state index contributed by atoms with van der Waals surface area (Å²) in [4.78, 5) is 13.9. The molecule has 0 aliphatic carbocycles. The van der Waals surface area contributed by atoms with Crippen molar-refractivity contribution in [3.8, 4) is 5.75 Å². The smallest absolute Gasteiger partial charge is 0.265 e. The lowest BCUT2D eigenvalue weighted by molar-refractivity contribution is -0.121. The van der Waals surface area contributed by atoms with Gasteiger partial charge in [0.1, 0.15) is 10.1 Å². The van der Waals surface area contributed by atoms with E-state index in [4.69, 9.17) is 17.0 Å². The van der Waals surface area contributed by atoms with Gasteiger partial charge in [0.25, 0.3) is 5.91 Å². The van der Waals surface area contributed by atoms with Crippen LogP contribution in [0.25, 0.3) is 6.08 Å². The first kappa shape index (κ1) is 12.1. The quantitative estimate of drug-likeness (QED) is 0.607. The van der Waals surface area contributed by atoms with Crippen LogP contribution in [0.5, 0.6) is 5.75 Å². The van der Waals surface area contributed by atoms with Crippen LogP contribution in [0.4, 0.5) is 0 Å². The van der Waals surface area contributed by atoms with E-state index in [9.17, 15) is 4.79 Å². The number of thioether (sulfide) groups is 1. The molecule has 1 aliphatic rings. The average Bonchev–Trinajstić information content (AvgIpc) is 2.58. The van der Waals surface area contributed by atoms with Gasteiger partial charge in [-0.25, -0.2) is 0 Å². The van der Waals surface area contributed by atoms with Crippen LogP contribution in [0, 0.1) is 0 Å². The minimum Gasteiger partial charge on any atom is -0.497 e. The highest BCUT2D eigenvalue weighted by atomic mass is 32.2. The molecule has 1 heterocycles. The fourth-order valence-corrected chi connectivity index (χ4v) is 2.58. The lowest BCUT2D eigenvalue weighted by atomic mass is 10.2. The Morgan fingerprint density at radius 1 is 1.35 bits per heavy atom. The summed E-state index contributed by atoms with van der Waals surface area (Å²) < 4.78 is 5.66. The number of methoxy groups -OCH3 is 1. The summed E-state index contributed by atoms with van der Waals surface area (Å²) in [7, 11) is 3.31. The molecule has 1 aliphatic heterocycles. The molecule has 0 radical (unpaired) electrons. The van der Waals surface area contributed by atoms with Gasteiger partial charge in [0, 0.05) is 7.05 Å². The first-order valence-corrected chi connectivity index (χ1v) is 6.20. The van der Waals surface area contributed by atoms with Crippen molar-refractivity contribution in [2.75, 3.05) is 14.2 Å². The summed E-state index contributed by atoms with van der Waals surface area (Å²) in [6.45, 7) is 0. The highest BCUT2D eigenvalue weighted by Crippen LogP contribution is 2.31. The van der Waals surface area contributed by atoms with E-state index < -0.39 is 0 Å². The van der Waals surface area contributed by atoms with Crippen LogP contribution in [0.15, 0.2) is 29.2 Å². The van der Waals surface area contributed by atoms with E-state index in [1.165, 1.54) is 16.7 Å². The van der Waals surface area contributed by atoms with Crippen LogP contribution in [-0.2, 0) is 4.79 Å². The van der Waals surface area contributed by atoms with E-state index in [2.05, 4.69) is 0 Å². The summed E-state index contributed by atoms with van der Waals surface area (Å²) in [5.74, 6) is 0.751. The van der Waals surface area contributed by atoms with Crippen LogP contribution in [-0.4, -0.2) is 29.3 Å². The van der Waals surface area contributed by atoms with E-state index >= 15 is 0 Å². The zero-order valence-electron chi connectivity index (χ0n) is 9.47. The molecular formula is C12H11NO2S2. The second kappa shape index (κ2) is 4.89. The summed E-state index contributed by atoms with van der Waals surface area (Å²) in [6, 6.07) is 7.53. The van der Waals surface area contributed by atoms with Crippen molar-refractivity contribution in [2.24, 2.45) is 0 Å². The Morgan fingerprint density at radius 3 is 2.47 bits per heavy atom. The van der Waals surface area contributed by atoms with Crippen LogP contribution < -0.4 is 4.74 Å². The zero-order valence-corrected chi connectivity index (χ0v) is 11.1. The van der Waals surface area contributed by atoms with Crippen molar-refractivity contribution in [3.05, 3.63) is 34.7 Å². The fraction of sp³-hybridized carbons (Fsp3) is 0.167. The maximum Gasteiger partial charge on any atom is 0.265 e. The van der Waals surface area contributed by atoms with Gasteiger partial charge in [0.05, 0.1) is 12.0 Å². The molecule has 1 aromatic carbocycles.